The van der Waals surface area contributed by atoms with Crippen molar-refractivity contribution in [3.63, 3.8) is 0 Å². The highest BCUT2D eigenvalue weighted by atomic mass is 19.4. The smallest absolute Gasteiger partial charge is 0.387 e. The van der Waals surface area contributed by atoms with Crippen molar-refractivity contribution in [1.29, 1.82) is 0 Å². The third kappa shape index (κ3) is 4.98. The lowest BCUT2D eigenvalue weighted by molar-refractivity contribution is -0.137. The lowest BCUT2D eigenvalue weighted by atomic mass is 10.1. The first-order valence-corrected chi connectivity index (χ1v) is 7.10. The van der Waals surface area contributed by atoms with E-state index in [1.807, 2.05) is 0 Å². The van der Waals surface area contributed by atoms with E-state index in [1.54, 1.807) is 24.1 Å². The SMILES string of the molecule is Cn1cc(CNC(=O)NC[C@H](O)c2cccc(C(F)(F)F)c2)cn1. The molecular formula is C15H17F3N4O2. The molecule has 130 valence electrons. The van der Waals surface area contributed by atoms with E-state index in [1.165, 1.54) is 12.1 Å². The van der Waals surface area contributed by atoms with E-state index in [0.717, 1.165) is 17.7 Å². The first kappa shape index (κ1) is 17.8. The average Bonchev–Trinajstić information content (AvgIpc) is 2.95. The van der Waals surface area contributed by atoms with Crippen molar-refractivity contribution in [1.82, 2.24) is 20.4 Å². The van der Waals surface area contributed by atoms with Crippen LogP contribution in [0.2, 0.25) is 0 Å². The van der Waals surface area contributed by atoms with Crippen LogP contribution in [-0.4, -0.2) is 27.5 Å². The molecule has 0 aliphatic rings. The molecule has 0 saturated carbocycles. The van der Waals surface area contributed by atoms with Crippen LogP contribution in [0.1, 0.15) is 22.8 Å². The Bertz CT molecular complexity index is 700. The number of benzene rings is 1. The second-order valence-electron chi connectivity index (χ2n) is 5.22. The largest absolute Gasteiger partial charge is 0.416 e. The zero-order valence-electron chi connectivity index (χ0n) is 12.8. The molecule has 1 aromatic heterocycles. The van der Waals surface area contributed by atoms with Crippen LogP contribution >= 0.6 is 0 Å². The van der Waals surface area contributed by atoms with Gasteiger partial charge >= 0.3 is 12.2 Å². The van der Waals surface area contributed by atoms with E-state index >= 15 is 0 Å². The fraction of sp³-hybridized carbons (Fsp3) is 0.333. The normalized spacial score (nSPS) is 12.7. The monoisotopic (exact) mass is 342 g/mol. The molecule has 2 aromatic rings. The Morgan fingerprint density at radius 3 is 2.75 bits per heavy atom. The number of urea groups is 1. The number of amides is 2. The third-order valence-corrected chi connectivity index (χ3v) is 3.27. The highest BCUT2D eigenvalue weighted by Crippen LogP contribution is 2.30. The fourth-order valence-corrected chi connectivity index (χ4v) is 2.04. The molecule has 2 rings (SSSR count). The lowest BCUT2D eigenvalue weighted by Gasteiger charge is -2.14. The molecule has 1 aromatic carbocycles. The van der Waals surface area contributed by atoms with Gasteiger partial charge in [-0.05, 0) is 17.7 Å². The Morgan fingerprint density at radius 2 is 2.12 bits per heavy atom. The Hall–Kier alpha value is -2.55. The summed E-state index contributed by atoms with van der Waals surface area (Å²) in [5.74, 6) is 0. The molecule has 0 saturated heterocycles. The number of aryl methyl sites for hydroxylation is 1. The topological polar surface area (TPSA) is 79.2 Å². The molecule has 0 aliphatic heterocycles. The number of hydrogen-bond donors (Lipinski definition) is 3. The molecule has 2 amide bonds. The van der Waals surface area contributed by atoms with Gasteiger partial charge in [-0.3, -0.25) is 4.68 Å². The first-order chi connectivity index (χ1) is 11.3. The molecule has 0 unspecified atom stereocenters. The summed E-state index contributed by atoms with van der Waals surface area (Å²) in [6.07, 6.45) is -2.39. The second kappa shape index (κ2) is 7.35. The van der Waals surface area contributed by atoms with Gasteiger partial charge in [0.1, 0.15) is 0 Å². The van der Waals surface area contributed by atoms with Crippen molar-refractivity contribution in [2.45, 2.75) is 18.8 Å². The van der Waals surface area contributed by atoms with Gasteiger partial charge in [0, 0.05) is 31.9 Å². The predicted octanol–water partition coefficient (Wildman–Crippen LogP) is 1.97. The molecular weight excluding hydrogens is 325 g/mol. The standard InChI is InChI=1S/C15H17F3N4O2/c1-22-9-10(7-21-22)6-19-14(24)20-8-13(23)11-3-2-4-12(5-11)15(16,17)18/h2-5,7,9,13,23H,6,8H2,1H3,(H2,19,20,24)/t13-/m0/s1. The number of nitrogens with zero attached hydrogens (tertiary/aromatic N) is 2. The molecule has 0 radical (unpaired) electrons. The molecule has 1 atom stereocenters. The number of carbonyl (C=O) groups is 1. The van der Waals surface area contributed by atoms with Crippen molar-refractivity contribution in [3.05, 3.63) is 53.3 Å². The predicted molar refractivity (Wildman–Crippen MR) is 79.9 cm³/mol. The van der Waals surface area contributed by atoms with Crippen LogP contribution in [0.4, 0.5) is 18.0 Å². The van der Waals surface area contributed by atoms with Gasteiger partial charge in [-0.1, -0.05) is 12.1 Å². The summed E-state index contributed by atoms with van der Waals surface area (Å²) in [5, 5.41) is 18.8. The van der Waals surface area contributed by atoms with Crippen LogP contribution in [0.15, 0.2) is 36.7 Å². The summed E-state index contributed by atoms with van der Waals surface area (Å²) in [5.41, 5.74) is 0.0311. The number of carbonyl (C=O) groups excluding carboxylic acids is 1. The third-order valence-electron chi connectivity index (χ3n) is 3.27. The average molecular weight is 342 g/mol. The van der Waals surface area contributed by atoms with E-state index < -0.39 is 23.9 Å². The van der Waals surface area contributed by atoms with Gasteiger partial charge < -0.3 is 15.7 Å². The molecule has 1 heterocycles. The van der Waals surface area contributed by atoms with Gasteiger partial charge in [-0.15, -0.1) is 0 Å². The summed E-state index contributed by atoms with van der Waals surface area (Å²) in [4.78, 5) is 11.6. The van der Waals surface area contributed by atoms with Crippen LogP contribution in [0, 0.1) is 0 Å². The fourth-order valence-electron chi connectivity index (χ4n) is 2.04. The first-order valence-electron chi connectivity index (χ1n) is 7.10. The maximum Gasteiger partial charge on any atom is 0.416 e. The van der Waals surface area contributed by atoms with Gasteiger partial charge in [0.05, 0.1) is 17.9 Å². The number of alkyl halides is 3. The van der Waals surface area contributed by atoms with Gasteiger partial charge in [0.2, 0.25) is 0 Å². The second-order valence-corrected chi connectivity index (χ2v) is 5.22. The number of hydrogen-bond acceptors (Lipinski definition) is 3. The van der Waals surface area contributed by atoms with E-state index in [4.69, 9.17) is 0 Å². The summed E-state index contributed by atoms with van der Waals surface area (Å²) in [6.45, 7) is 0.0412. The van der Waals surface area contributed by atoms with E-state index in [9.17, 15) is 23.1 Å². The summed E-state index contributed by atoms with van der Waals surface area (Å²) >= 11 is 0. The van der Waals surface area contributed by atoms with Crippen LogP contribution in [0.25, 0.3) is 0 Å². The molecule has 0 bridgehead atoms. The number of nitrogens with one attached hydrogen (secondary N) is 2. The van der Waals surface area contributed by atoms with Crippen molar-refractivity contribution in [2.75, 3.05) is 6.54 Å². The molecule has 0 aliphatic carbocycles. The number of aliphatic hydroxyl groups excluding tert-OH is 1. The minimum Gasteiger partial charge on any atom is -0.387 e. The van der Waals surface area contributed by atoms with Gasteiger partial charge in [-0.2, -0.15) is 18.3 Å². The van der Waals surface area contributed by atoms with Crippen molar-refractivity contribution >= 4 is 6.03 Å². The molecule has 24 heavy (non-hydrogen) atoms. The quantitative estimate of drug-likeness (QED) is 0.777. The number of rotatable bonds is 5. The highest BCUT2D eigenvalue weighted by molar-refractivity contribution is 5.73. The Balaban J connectivity index is 1.84. The Labute approximate surface area is 136 Å². The molecule has 9 heteroatoms. The van der Waals surface area contributed by atoms with Crippen molar-refractivity contribution in [3.8, 4) is 0 Å². The minimum absolute atomic E-state index is 0.0809. The molecule has 0 spiro atoms. The number of halogens is 3. The highest BCUT2D eigenvalue weighted by Gasteiger charge is 2.30. The van der Waals surface area contributed by atoms with Crippen LogP contribution in [-0.2, 0) is 19.8 Å². The number of aliphatic hydroxyl groups is 1. The van der Waals surface area contributed by atoms with Gasteiger partial charge in [0.25, 0.3) is 0 Å². The lowest BCUT2D eigenvalue weighted by Crippen LogP contribution is -2.37. The van der Waals surface area contributed by atoms with Crippen molar-refractivity contribution in [2.24, 2.45) is 7.05 Å². The van der Waals surface area contributed by atoms with Crippen LogP contribution in [0.5, 0.6) is 0 Å². The van der Waals surface area contributed by atoms with E-state index in [2.05, 4.69) is 15.7 Å². The molecule has 6 nitrogen and oxygen atoms in total. The maximum absolute atomic E-state index is 12.6. The number of aromatic nitrogens is 2. The summed E-state index contributed by atoms with van der Waals surface area (Å²) in [7, 11) is 1.75. The zero-order valence-corrected chi connectivity index (χ0v) is 12.8. The van der Waals surface area contributed by atoms with Gasteiger partial charge in [-0.25, -0.2) is 4.79 Å². The van der Waals surface area contributed by atoms with E-state index in [-0.39, 0.29) is 18.7 Å². The maximum atomic E-state index is 12.6. The molecule has 3 N–H and O–H groups in total. The zero-order chi connectivity index (χ0) is 17.7. The van der Waals surface area contributed by atoms with Crippen LogP contribution < -0.4 is 10.6 Å². The minimum atomic E-state index is -4.48. The van der Waals surface area contributed by atoms with Crippen molar-refractivity contribution < 1.29 is 23.1 Å². The summed E-state index contributed by atoms with van der Waals surface area (Å²) < 4.78 is 39.5. The van der Waals surface area contributed by atoms with Gasteiger partial charge in [0.15, 0.2) is 0 Å². The van der Waals surface area contributed by atoms with E-state index in [0.29, 0.717) is 0 Å². The Kier molecular flexibility index (Phi) is 5.45. The molecule has 0 fully saturated rings. The van der Waals surface area contributed by atoms with Crippen LogP contribution in [0.3, 0.4) is 0 Å². The summed E-state index contributed by atoms with van der Waals surface area (Å²) in [6, 6.07) is 3.83. The Morgan fingerprint density at radius 1 is 1.38 bits per heavy atom.